The Hall–Kier alpha value is -1.53. The second kappa shape index (κ2) is 5.20. The van der Waals surface area contributed by atoms with E-state index in [1.165, 1.54) is 12.5 Å². The number of hydrogen-bond acceptors (Lipinski definition) is 5. The molecule has 0 aliphatic carbocycles. The molecule has 2 heterocycles. The summed E-state index contributed by atoms with van der Waals surface area (Å²) >= 11 is 0. The van der Waals surface area contributed by atoms with Gasteiger partial charge in [0.05, 0.1) is 30.0 Å². The minimum atomic E-state index is -0.655. The Morgan fingerprint density at radius 3 is 3.18 bits per heavy atom. The lowest BCUT2D eigenvalue weighted by molar-refractivity contribution is -0.0261. The van der Waals surface area contributed by atoms with Crippen molar-refractivity contribution < 1.29 is 14.6 Å². The molecule has 6 nitrogen and oxygen atoms in total. The average molecular weight is 237 g/mol. The molecule has 0 radical (unpaired) electrons. The third-order valence-electron chi connectivity index (χ3n) is 2.80. The first-order valence-electron chi connectivity index (χ1n) is 5.52. The fourth-order valence-corrected chi connectivity index (χ4v) is 1.75. The van der Waals surface area contributed by atoms with Gasteiger partial charge in [-0.25, -0.2) is 9.97 Å². The topological polar surface area (TPSA) is 84.3 Å². The molecule has 92 valence electrons. The maximum atomic E-state index is 11.9. The van der Waals surface area contributed by atoms with Crippen LogP contribution in [-0.2, 0) is 4.74 Å². The van der Waals surface area contributed by atoms with Crippen LogP contribution in [0.5, 0.6) is 0 Å². The van der Waals surface area contributed by atoms with Crippen LogP contribution in [0.15, 0.2) is 12.5 Å². The predicted molar refractivity (Wildman–Crippen MR) is 59.5 cm³/mol. The van der Waals surface area contributed by atoms with Crippen LogP contribution in [0.25, 0.3) is 0 Å². The van der Waals surface area contributed by atoms with Crippen LogP contribution in [0.3, 0.4) is 0 Å². The molecule has 1 aromatic rings. The number of amides is 1. The Morgan fingerprint density at radius 1 is 1.65 bits per heavy atom. The van der Waals surface area contributed by atoms with Crippen molar-refractivity contribution in [1.82, 2.24) is 15.3 Å². The van der Waals surface area contributed by atoms with Gasteiger partial charge in [-0.05, 0) is 13.3 Å². The molecule has 1 saturated heterocycles. The van der Waals surface area contributed by atoms with Gasteiger partial charge in [0.25, 0.3) is 5.91 Å². The largest absolute Gasteiger partial charge is 0.389 e. The first-order valence-corrected chi connectivity index (χ1v) is 5.52. The van der Waals surface area contributed by atoms with Crippen molar-refractivity contribution in [1.29, 1.82) is 0 Å². The molecule has 1 aliphatic heterocycles. The van der Waals surface area contributed by atoms with E-state index in [4.69, 9.17) is 4.74 Å². The van der Waals surface area contributed by atoms with Crippen molar-refractivity contribution >= 4 is 5.91 Å². The number of nitrogens with zero attached hydrogens (tertiary/aromatic N) is 2. The summed E-state index contributed by atoms with van der Waals surface area (Å²) in [6.45, 7) is 2.55. The van der Waals surface area contributed by atoms with E-state index in [1.807, 2.05) is 0 Å². The summed E-state index contributed by atoms with van der Waals surface area (Å²) in [6.07, 6.45) is 2.83. The van der Waals surface area contributed by atoms with Gasteiger partial charge in [0.15, 0.2) is 0 Å². The van der Waals surface area contributed by atoms with Gasteiger partial charge >= 0.3 is 0 Å². The first-order chi connectivity index (χ1) is 8.18. The molecule has 2 rings (SSSR count). The van der Waals surface area contributed by atoms with E-state index in [1.54, 1.807) is 6.92 Å². The number of aliphatic hydroxyl groups excluding tert-OH is 1. The van der Waals surface area contributed by atoms with Crippen molar-refractivity contribution in [2.45, 2.75) is 25.5 Å². The normalized spacial score (nSPS) is 24.4. The summed E-state index contributed by atoms with van der Waals surface area (Å²) in [5.41, 5.74) is 1.06. The molecule has 0 unspecified atom stereocenters. The number of hydrogen-bond donors (Lipinski definition) is 2. The summed E-state index contributed by atoms with van der Waals surface area (Å²) in [7, 11) is 0. The van der Waals surface area contributed by atoms with Gasteiger partial charge in [0.1, 0.15) is 6.33 Å². The minimum absolute atomic E-state index is 0.256. The highest BCUT2D eigenvalue weighted by Crippen LogP contribution is 2.09. The van der Waals surface area contributed by atoms with Crippen molar-refractivity contribution in [3.05, 3.63) is 23.8 Å². The summed E-state index contributed by atoms with van der Waals surface area (Å²) in [5.74, 6) is -0.256. The smallest absolute Gasteiger partial charge is 0.255 e. The first kappa shape index (κ1) is 11.9. The number of carbonyl (C=O) groups excluding carboxylic acids is 1. The second-order valence-electron chi connectivity index (χ2n) is 4.03. The maximum Gasteiger partial charge on any atom is 0.255 e. The van der Waals surface area contributed by atoms with Crippen molar-refractivity contribution in [2.24, 2.45) is 0 Å². The van der Waals surface area contributed by atoms with E-state index in [0.717, 1.165) is 0 Å². The molecule has 1 aliphatic rings. The number of rotatable bonds is 2. The molecule has 1 fully saturated rings. The third kappa shape index (κ3) is 2.78. The van der Waals surface area contributed by atoms with E-state index in [9.17, 15) is 9.90 Å². The van der Waals surface area contributed by atoms with Crippen LogP contribution in [0.1, 0.15) is 22.5 Å². The minimum Gasteiger partial charge on any atom is -0.389 e. The monoisotopic (exact) mass is 237 g/mol. The molecule has 0 aromatic carbocycles. The van der Waals surface area contributed by atoms with Crippen LogP contribution in [-0.4, -0.2) is 46.3 Å². The lowest BCUT2D eigenvalue weighted by Gasteiger charge is -2.28. The van der Waals surface area contributed by atoms with Gasteiger partial charge in [-0.15, -0.1) is 0 Å². The molecule has 1 aromatic heterocycles. The SMILES string of the molecule is Cc1ncncc1C(=O)N[C@@H]1CCOC[C@H]1O. The highest BCUT2D eigenvalue weighted by Gasteiger charge is 2.26. The van der Waals surface area contributed by atoms with E-state index in [0.29, 0.717) is 24.3 Å². The Bertz CT molecular complexity index is 411. The molecule has 17 heavy (non-hydrogen) atoms. The van der Waals surface area contributed by atoms with Gasteiger partial charge in [0, 0.05) is 12.8 Å². The van der Waals surface area contributed by atoms with Gasteiger partial charge in [-0.1, -0.05) is 0 Å². The number of nitrogens with one attached hydrogen (secondary N) is 1. The molecular weight excluding hydrogens is 222 g/mol. The molecule has 0 spiro atoms. The zero-order valence-electron chi connectivity index (χ0n) is 9.59. The number of ether oxygens (including phenoxy) is 1. The molecule has 2 N–H and O–H groups in total. The second-order valence-corrected chi connectivity index (χ2v) is 4.03. The molecule has 0 saturated carbocycles. The Morgan fingerprint density at radius 2 is 2.47 bits per heavy atom. The van der Waals surface area contributed by atoms with Crippen molar-refractivity contribution in [3.63, 3.8) is 0 Å². The van der Waals surface area contributed by atoms with Crippen LogP contribution in [0.2, 0.25) is 0 Å². The molecule has 2 atom stereocenters. The molecule has 6 heteroatoms. The lowest BCUT2D eigenvalue weighted by Crippen LogP contribution is -2.48. The van der Waals surface area contributed by atoms with E-state index in [-0.39, 0.29) is 18.6 Å². The van der Waals surface area contributed by atoms with Gasteiger partial charge in [0.2, 0.25) is 0 Å². The Balaban J connectivity index is 2.04. The van der Waals surface area contributed by atoms with E-state index >= 15 is 0 Å². The van der Waals surface area contributed by atoms with Crippen molar-refractivity contribution in [3.8, 4) is 0 Å². The number of aryl methyl sites for hydroxylation is 1. The highest BCUT2D eigenvalue weighted by atomic mass is 16.5. The quantitative estimate of drug-likeness (QED) is 0.735. The predicted octanol–water partition coefficient (Wildman–Crippen LogP) is -0.335. The highest BCUT2D eigenvalue weighted by molar-refractivity contribution is 5.95. The zero-order chi connectivity index (χ0) is 12.3. The van der Waals surface area contributed by atoms with Crippen LogP contribution in [0.4, 0.5) is 0 Å². The van der Waals surface area contributed by atoms with E-state index < -0.39 is 6.10 Å². The van der Waals surface area contributed by atoms with E-state index in [2.05, 4.69) is 15.3 Å². The van der Waals surface area contributed by atoms with Gasteiger partial charge in [-0.3, -0.25) is 4.79 Å². The van der Waals surface area contributed by atoms with Crippen LogP contribution >= 0.6 is 0 Å². The Kier molecular flexibility index (Phi) is 3.65. The summed E-state index contributed by atoms with van der Waals surface area (Å²) in [4.78, 5) is 19.7. The summed E-state index contributed by atoms with van der Waals surface area (Å²) < 4.78 is 5.10. The standard InChI is InChI=1S/C11H15N3O3/c1-7-8(4-12-6-13-7)11(16)14-9-2-3-17-5-10(9)15/h4,6,9-10,15H,2-3,5H2,1H3,(H,14,16)/t9-,10-/m1/s1. The third-order valence-corrected chi connectivity index (χ3v) is 2.80. The fraction of sp³-hybridized carbons (Fsp3) is 0.545. The number of carbonyl (C=O) groups is 1. The summed E-state index contributed by atoms with van der Waals surface area (Å²) in [5, 5.41) is 12.4. The molecular formula is C11H15N3O3. The lowest BCUT2D eigenvalue weighted by atomic mass is 10.1. The maximum absolute atomic E-state index is 11.9. The van der Waals surface area contributed by atoms with Gasteiger partial charge in [-0.2, -0.15) is 0 Å². The fourth-order valence-electron chi connectivity index (χ4n) is 1.75. The Labute approximate surface area is 99.0 Å². The van der Waals surface area contributed by atoms with Crippen LogP contribution in [0, 0.1) is 6.92 Å². The summed E-state index contributed by atoms with van der Waals surface area (Å²) in [6, 6.07) is -0.268. The average Bonchev–Trinajstić information content (AvgIpc) is 2.32. The van der Waals surface area contributed by atoms with Crippen LogP contribution < -0.4 is 5.32 Å². The van der Waals surface area contributed by atoms with Crippen molar-refractivity contribution in [2.75, 3.05) is 13.2 Å². The zero-order valence-corrected chi connectivity index (χ0v) is 9.59. The number of aromatic nitrogens is 2. The number of aliphatic hydroxyl groups is 1. The molecule has 1 amide bonds. The van der Waals surface area contributed by atoms with Gasteiger partial charge < -0.3 is 15.2 Å². The molecule has 0 bridgehead atoms.